The van der Waals surface area contributed by atoms with Crippen molar-refractivity contribution < 1.29 is 22.7 Å². The van der Waals surface area contributed by atoms with Crippen molar-refractivity contribution in [1.29, 1.82) is 0 Å². The Bertz CT molecular complexity index is 1020. The minimum atomic E-state index is -3.40. The molecule has 1 unspecified atom stereocenters. The van der Waals surface area contributed by atoms with E-state index < -0.39 is 10.0 Å². The maximum Gasteiger partial charge on any atom is 0.236 e. The number of benzene rings is 2. The summed E-state index contributed by atoms with van der Waals surface area (Å²) in [4.78, 5) is 16.4. The second-order valence-electron chi connectivity index (χ2n) is 8.22. The first-order valence-electron chi connectivity index (χ1n) is 10.8. The van der Waals surface area contributed by atoms with E-state index in [2.05, 4.69) is 0 Å². The Morgan fingerprint density at radius 2 is 1.66 bits per heavy atom. The number of carbonyl (C=O) groups excluding carboxylic acids is 1. The number of fused-ring (bicyclic) bond motifs is 1. The van der Waals surface area contributed by atoms with E-state index in [1.54, 1.807) is 4.90 Å². The molecule has 2 aromatic carbocycles. The molecule has 1 amide bonds. The average Bonchev–Trinajstić information content (AvgIpc) is 2.79. The van der Waals surface area contributed by atoms with Crippen LogP contribution in [0.2, 0.25) is 0 Å². The number of hydrogen-bond donors (Lipinski definition) is 0. The van der Waals surface area contributed by atoms with Crippen LogP contribution in [0.15, 0.2) is 54.6 Å². The fraction of sp³-hybridized carbons (Fsp3) is 0.435. The van der Waals surface area contributed by atoms with Crippen LogP contribution in [-0.2, 0) is 20.6 Å². The predicted octanol–water partition coefficient (Wildman–Crippen LogP) is 1.43. The van der Waals surface area contributed by atoms with Gasteiger partial charge < -0.3 is 14.4 Å². The van der Waals surface area contributed by atoms with Crippen LogP contribution in [-0.4, -0.2) is 87.5 Å². The van der Waals surface area contributed by atoms with Gasteiger partial charge in [0.15, 0.2) is 11.5 Å². The van der Waals surface area contributed by atoms with Crippen LogP contribution in [0.1, 0.15) is 5.56 Å². The highest BCUT2D eigenvalue weighted by molar-refractivity contribution is 7.88. The lowest BCUT2D eigenvalue weighted by Gasteiger charge is -2.35. The van der Waals surface area contributed by atoms with Gasteiger partial charge in [-0.2, -0.15) is 4.31 Å². The molecule has 2 aromatic rings. The molecule has 172 valence electrons. The topological polar surface area (TPSA) is 79.4 Å². The molecule has 0 radical (unpaired) electrons. The molecule has 9 heteroatoms. The van der Waals surface area contributed by atoms with Crippen molar-refractivity contribution >= 4 is 15.9 Å². The molecule has 0 saturated carbocycles. The van der Waals surface area contributed by atoms with E-state index in [1.807, 2.05) is 66.5 Å². The molecule has 1 atom stereocenters. The fourth-order valence-corrected chi connectivity index (χ4v) is 5.50. The molecule has 32 heavy (non-hydrogen) atoms. The summed E-state index contributed by atoms with van der Waals surface area (Å²) >= 11 is 0. The molecular weight excluding hydrogens is 430 g/mol. The molecule has 2 heterocycles. The third-order valence-electron chi connectivity index (χ3n) is 5.66. The minimum Gasteiger partial charge on any atom is -0.486 e. The zero-order chi connectivity index (χ0) is 22.6. The number of likely N-dealkylation sites (N-methyl/N-ethyl adjacent to an activating group) is 1. The van der Waals surface area contributed by atoms with Gasteiger partial charge in [0.1, 0.15) is 12.7 Å². The van der Waals surface area contributed by atoms with Crippen LogP contribution in [0.25, 0.3) is 0 Å². The molecule has 0 spiro atoms. The first-order chi connectivity index (χ1) is 15.4. The summed E-state index contributed by atoms with van der Waals surface area (Å²) in [6.45, 7) is 2.69. The van der Waals surface area contributed by atoms with Crippen LogP contribution >= 0.6 is 0 Å². The fourth-order valence-electron chi connectivity index (χ4n) is 3.99. The molecule has 1 saturated heterocycles. The Morgan fingerprint density at radius 3 is 2.38 bits per heavy atom. The Morgan fingerprint density at radius 1 is 1.00 bits per heavy atom. The standard InChI is InChI=1S/C23H29N3O5S/c1-24(15-20-17-30-21-9-5-6-10-22(21)31-20)16-23(27)25-11-13-26(14-12-25)32(28,29)18-19-7-3-2-4-8-19/h2-10,20H,11-18H2,1H3. The van der Waals surface area contributed by atoms with E-state index in [9.17, 15) is 13.2 Å². The van der Waals surface area contributed by atoms with Crippen molar-refractivity contribution in [3.8, 4) is 11.5 Å². The second-order valence-corrected chi connectivity index (χ2v) is 10.2. The number of carbonyl (C=O) groups is 1. The van der Waals surface area contributed by atoms with Gasteiger partial charge in [-0.05, 0) is 24.7 Å². The first-order valence-corrected chi connectivity index (χ1v) is 12.4. The van der Waals surface area contributed by atoms with Crippen LogP contribution in [0.3, 0.4) is 0 Å². The molecule has 1 fully saturated rings. The molecular formula is C23H29N3O5S. The summed E-state index contributed by atoms with van der Waals surface area (Å²) in [5.41, 5.74) is 0.768. The SMILES string of the molecule is CN(CC(=O)N1CCN(S(=O)(=O)Cc2ccccc2)CC1)CC1COc2ccccc2O1. The predicted molar refractivity (Wildman–Crippen MR) is 121 cm³/mol. The Hall–Kier alpha value is -2.62. The summed E-state index contributed by atoms with van der Waals surface area (Å²) in [5.74, 6) is 1.43. The van der Waals surface area contributed by atoms with Gasteiger partial charge in [-0.25, -0.2) is 8.42 Å². The average molecular weight is 460 g/mol. The molecule has 2 aliphatic heterocycles. The van der Waals surface area contributed by atoms with Gasteiger partial charge in [-0.3, -0.25) is 9.69 Å². The van der Waals surface area contributed by atoms with Crippen molar-refractivity contribution in [3.63, 3.8) is 0 Å². The van der Waals surface area contributed by atoms with Gasteiger partial charge >= 0.3 is 0 Å². The number of hydrogen-bond acceptors (Lipinski definition) is 6. The lowest BCUT2D eigenvalue weighted by Crippen LogP contribution is -2.53. The highest BCUT2D eigenvalue weighted by Gasteiger charge is 2.30. The monoisotopic (exact) mass is 459 g/mol. The minimum absolute atomic E-state index is 0.00950. The van der Waals surface area contributed by atoms with Gasteiger partial charge in [0, 0.05) is 32.7 Å². The Balaban J connectivity index is 1.23. The van der Waals surface area contributed by atoms with E-state index in [0.717, 1.165) is 17.1 Å². The van der Waals surface area contributed by atoms with Gasteiger partial charge in [0.25, 0.3) is 0 Å². The molecule has 2 aliphatic rings. The highest BCUT2D eigenvalue weighted by atomic mass is 32.2. The summed E-state index contributed by atoms with van der Waals surface area (Å²) in [6.07, 6.45) is -0.150. The van der Waals surface area contributed by atoms with Crippen LogP contribution in [0.5, 0.6) is 11.5 Å². The van der Waals surface area contributed by atoms with E-state index >= 15 is 0 Å². The summed E-state index contributed by atoms with van der Waals surface area (Å²) in [5, 5.41) is 0. The van der Waals surface area contributed by atoms with Crippen LogP contribution in [0.4, 0.5) is 0 Å². The molecule has 0 aromatic heterocycles. The van der Waals surface area contributed by atoms with Gasteiger partial charge in [0.2, 0.25) is 15.9 Å². The maximum absolute atomic E-state index is 12.7. The molecule has 4 rings (SSSR count). The molecule has 0 N–H and O–H groups in total. The lowest BCUT2D eigenvalue weighted by molar-refractivity contribution is -0.133. The van der Waals surface area contributed by atoms with E-state index in [-0.39, 0.29) is 24.3 Å². The number of para-hydroxylation sites is 2. The third-order valence-corrected chi connectivity index (χ3v) is 7.51. The summed E-state index contributed by atoms with van der Waals surface area (Å²) in [6, 6.07) is 16.7. The lowest BCUT2D eigenvalue weighted by atomic mass is 10.2. The molecule has 0 bridgehead atoms. The maximum atomic E-state index is 12.7. The second kappa shape index (κ2) is 9.89. The van der Waals surface area contributed by atoms with Gasteiger partial charge in [-0.1, -0.05) is 42.5 Å². The van der Waals surface area contributed by atoms with E-state index in [4.69, 9.17) is 9.47 Å². The summed E-state index contributed by atoms with van der Waals surface area (Å²) in [7, 11) is -1.52. The quantitative estimate of drug-likeness (QED) is 0.623. The van der Waals surface area contributed by atoms with Gasteiger partial charge in [0.05, 0.1) is 12.3 Å². The number of ether oxygens (including phenoxy) is 2. The number of amides is 1. The van der Waals surface area contributed by atoms with Crippen molar-refractivity contribution in [3.05, 3.63) is 60.2 Å². The number of sulfonamides is 1. The van der Waals surface area contributed by atoms with Gasteiger partial charge in [-0.15, -0.1) is 0 Å². The number of rotatable bonds is 7. The largest absolute Gasteiger partial charge is 0.486 e. The summed E-state index contributed by atoms with van der Waals surface area (Å²) < 4.78 is 38.6. The van der Waals surface area contributed by atoms with Crippen molar-refractivity contribution in [1.82, 2.24) is 14.1 Å². The third kappa shape index (κ3) is 5.59. The number of nitrogens with zero attached hydrogens (tertiary/aromatic N) is 3. The van der Waals surface area contributed by atoms with Crippen molar-refractivity contribution in [2.24, 2.45) is 0 Å². The normalized spacial score (nSPS) is 19.2. The van der Waals surface area contributed by atoms with Crippen LogP contribution in [0, 0.1) is 0 Å². The van der Waals surface area contributed by atoms with Crippen molar-refractivity contribution in [2.75, 3.05) is 52.9 Å². The van der Waals surface area contributed by atoms with E-state index in [1.165, 1.54) is 4.31 Å². The highest BCUT2D eigenvalue weighted by Crippen LogP contribution is 2.30. The van der Waals surface area contributed by atoms with Crippen molar-refractivity contribution in [2.45, 2.75) is 11.9 Å². The molecule has 0 aliphatic carbocycles. The zero-order valence-electron chi connectivity index (χ0n) is 18.2. The smallest absolute Gasteiger partial charge is 0.236 e. The Labute approximate surface area is 189 Å². The van der Waals surface area contributed by atoms with E-state index in [0.29, 0.717) is 39.3 Å². The zero-order valence-corrected chi connectivity index (χ0v) is 19.0. The molecule has 8 nitrogen and oxygen atoms in total. The first kappa shape index (κ1) is 22.6. The van der Waals surface area contributed by atoms with Crippen LogP contribution < -0.4 is 9.47 Å². The number of piperazine rings is 1. The Kier molecular flexibility index (Phi) is 6.98.